The van der Waals surface area contributed by atoms with E-state index in [1.54, 1.807) is 6.07 Å². The molecule has 6 heteroatoms. The quantitative estimate of drug-likeness (QED) is 0.646. The van der Waals surface area contributed by atoms with Crippen LogP contribution in [-0.4, -0.2) is 31.4 Å². The second-order valence-corrected chi connectivity index (χ2v) is 5.07. The van der Waals surface area contributed by atoms with Crippen molar-refractivity contribution in [1.82, 2.24) is 4.72 Å². The van der Waals surface area contributed by atoms with Gasteiger partial charge in [-0.25, -0.2) is 13.1 Å². The van der Waals surface area contributed by atoms with E-state index in [4.69, 9.17) is 5.11 Å². The fourth-order valence-electron chi connectivity index (χ4n) is 1.11. The highest BCUT2D eigenvalue weighted by atomic mass is 32.2. The van der Waals surface area contributed by atoms with Crippen LogP contribution >= 0.6 is 0 Å². The molecule has 0 unspecified atom stereocenters. The lowest BCUT2D eigenvalue weighted by Crippen LogP contribution is -2.24. The molecule has 1 aromatic rings. The number of rotatable bonds is 4. The van der Waals surface area contributed by atoms with Crippen LogP contribution < -0.4 is 4.72 Å². The highest BCUT2D eigenvalue weighted by Gasteiger charge is 2.02. The molecule has 0 aliphatic rings. The molecule has 0 heterocycles. The zero-order chi connectivity index (χ0) is 11.5. The number of phenolic OH excluding ortho intramolecular Hbond substituents is 2. The largest absolute Gasteiger partial charge is 0.504 e. The van der Waals surface area contributed by atoms with Crippen LogP contribution in [-0.2, 0) is 16.4 Å². The fourth-order valence-corrected chi connectivity index (χ4v) is 1.58. The summed E-state index contributed by atoms with van der Waals surface area (Å²) in [7, 11) is -3.17. The summed E-state index contributed by atoms with van der Waals surface area (Å²) in [5.74, 6) is -0.387. The second kappa shape index (κ2) is 4.50. The molecule has 1 aromatic carbocycles. The first kappa shape index (κ1) is 11.8. The van der Waals surface area contributed by atoms with E-state index < -0.39 is 10.0 Å². The van der Waals surface area contributed by atoms with Crippen LogP contribution in [0.4, 0.5) is 0 Å². The summed E-state index contributed by atoms with van der Waals surface area (Å²) in [6.07, 6.45) is 1.54. The Hall–Kier alpha value is -1.27. The third-order valence-electron chi connectivity index (χ3n) is 1.82. The highest BCUT2D eigenvalue weighted by Crippen LogP contribution is 2.24. The Morgan fingerprint density at radius 2 is 1.93 bits per heavy atom. The first-order valence-corrected chi connectivity index (χ1v) is 6.23. The zero-order valence-corrected chi connectivity index (χ0v) is 9.08. The van der Waals surface area contributed by atoms with E-state index in [0.29, 0.717) is 6.42 Å². The van der Waals surface area contributed by atoms with Gasteiger partial charge in [-0.1, -0.05) is 6.07 Å². The summed E-state index contributed by atoms with van der Waals surface area (Å²) in [4.78, 5) is 0. The van der Waals surface area contributed by atoms with Crippen molar-refractivity contribution in [2.45, 2.75) is 6.42 Å². The molecule has 0 bridgehead atoms. The number of sulfonamides is 1. The molecule has 0 radical (unpaired) electrons. The Kier molecular flexibility index (Phi) is 3.54. The molecule has 0 aliphatic heterocycles. The summed E-state index contributed by atoms with van der Waals surface area (Å²) in [5.41, 5.74) is 0.751. The van der Waals surface area contributed by atoms with Gasteiger partial charge in [-0.15, -0.1) is 0 Å². The lowest BCUT2D eigenvalue weighted by molar-refractivity contribution is 0.403. The highest BCUT2D eigenvalue weighted by molar-refractivity contribution is 7.88. The van der Waals surface area contributed by atoms with Crippen molar-refractivity contribution in [2.75, 3.05) is 12.8 Å². The SMILES string of the molecule is CS(=O)(=O)NCCc1ccc(O)c(O)c1. The third-order valence-corrected chi connectivity index (χ3v) is 2.55. The van der Waals surface area contributed by atoms with E-state index >= 15 is 0 Å². The topological polar surface area (TPSA) is 86.6 Å². The van der Waals surface area contributed by atoms with Gasteiger partial charge in [0.15, 0.2) is 11.5 Å². The van der Waals surface area contributed by atoms with Crippen molar-refractivity contribution in [2.24, 2.45) is 0 Å². The fraction of sp³-hybridized carbons (Fsp3) is 0.333. The molecule has 0 amide bonds. The number of hydrogen-bond acceptors (Lipinski definition) is 4. The van der Waals surface area contributed by atoms with Gasteiger partial charge in [0, 0.05) is 6.54 Å². The van der Waals surface area contributed by atoms with Gasteiger partial charge >= 0.3 is 0 Å². The van der Waals surface area contributed by atoms with Gasteiger partial charge in [-0.2, -0.15) is 0 Å². The van der Waals surface area contributed by atoms with Crippen molar-refractivity contribution in [3.63, 3.8) is 0 Å². The van der Waals surface area contributed by atoms with Crippen molar-refractivity contribution >= 4 is 10.0 Å². The predicted molar refractivity (Wildman–Crippen MR) is 56.3 cm³/mol. The molecule has 0 atom stereocenters. The van der Waals surface area contributed by atoms with E-state index in [9.17, 15) is 13.5 Å². The number of phenols is 2. The van der Waals surface area contributed by atoms with E-state index in [2.05, 4.69) is 4.72 Å². The number of aromatic hydroxyl groups is 2. The van der Waals surface area contributed by atoms with Gasteiger partial charge < -0.3 is 10.2 Å². The van der Waals surface area contributed by atoms with Gasteiger partial charge in [-0.3, -0.25) is 0 Å². The van der Waals surface area contributed by atoms with Crippen LogP contribution in [0.5, 0.6) is 11.5 Å². The van der Waals surface area contributed by atoms with E-state index in [1.807, 2.05) is 0 Å². The average molecular weight is 231 g/mol. The van der Waals surface area contributed by atoms with Crippen molar-refractivity contribution in [1.29, 1.82) is 0 Å². The molecule has 0 fully saturated rings. The van der Waals surface area contributed by atoms with Gasteiger partial charge in [0.2, 0.25) is 10.0 Å². The maximum Gasteiger partial charge on any atom is 0.208 e. The van der Waals surface area contributed by atoms with Gasteiger partial charge in [0.1, 0.15) is 0 Å². The minimum atomic E-state index is -3.17. The first-order valence-electron chi connectivity index (χ1n) is 4.34. The zero-order valence-electron chi connectivity index (χ0n) is 8.27. The van der Waals surface area contributed by atoms with Crippen LogP contribution in [0.2, 0.25) is 0 Å². The third kappa shape index (κ3) is 4.18. The molecule has 15 heavy (non-hydrogen) atoms. The summed E-state index contributed by atoms with van der Waals surface area (Å²) >= 11 is 0. The molecule has 84 valence electrons. The molecule has 0 aliphatic carbocycles. The lowest BCUT2D eigenvalue weighted by atomic mass is 10.1. The Bertz CT molecular complexity index is 441. The van der Waals surface area contributed by atoms with Crippen LogP contribution in [0.1, 0.15) is 5.56 Å². The summed E-state index contributed by atoms with van der Waals surface area (Å²) in [6, 6.07) is 4.39. The Morgan fingerprint density at radius 3 is 2.47 bits per heavy atom. The van der Waals surface area contributed by atoms with Crippen molar-refractivity contribution < 1.29 is 18.6 Å². The van der Waals surface area contributed by atoms with E-state index in [-0.39, 0.29) is 18.0 Å². The lowest BCUT2D eigenvalue weighted by Gasteiger charge is -2.04. The van der Waals surface area contributed by atoms with Gasteiger partial charge in [-0.05, 0) is 24.1 Å². The molecule has 0 spiro atoms. The minimum absolute atomic E-state index is 0.185. The standard InChI is InChI=1S/C9H13NO4S/c1-15(13,14)10-5-4-7-2-3-8(11)9(12)6-7/h2-3,6,10-12H,4-5H2,1H3. The van der Waals surface area contributed by atoms with Crippen molar-refractivity contribution in [3.05, 3.63) is 23.8 Å². The predicted octanol–water partition coefficient (Wildman–Crippen LogP) is 0.189. The monoisotopic (exact) mass is 231 g/mol. The normalized spacial score (nSPS) is 11.5. The van der Waals surface area contributed by atoms with E-state index in [1.165, 1.54) is 12.1 Å². The van der Waals surface area contributed by atoms with Crippen LogP contribution in [0.25, 0.3) is 0 Å². The van der Waals surface area contributed by atoms with Crippen molar-refractivity contribution in [3.8, 4) is 11.5 Å². The summed E-state index contributed by atoms with van der Waals surface area (Å²) in [6.45, 7) is 0.267. The maximum absolute atomic E-state index is 10.7. The molecule has 0 saturated heterocycles. The van der Waals surface area contributed by atoms with Crippen LogP contribution in [0, 0.1) is 0 Å². The maximum atomic E-state index is 10.7. The Labute approximate surface area is 88.4 Å². The molecule has 1 rings (SSSR count). The van der Waals surface area contributed by atoms with E-state index in [0.717, 1.165) is 11.8 Å². The number of hydrogen-bond donors (Lipinski definition) is 3. The summed E-state index contributed by atoms with van der Waals surface area (Å²) in [5, 5.41) is 18.2. The summed E-state index contributed by atoms with van der Waals surface area (Å²) < 4.78 is 23.8. The van der Waals surface area contributed by atoms with Gasteiger partial charge in [0.05, 0.1) is 6.26 Å². The second-order valence-electron chi connectivity index (χ2n) is 3.24. The molecule has 5 nitrogen and oxygen atoms in total. The number of benzene rings is 1. The molecule has 3 N–H and O–H groups in total. The first-order chi connectivity index (χ1) is 6.88. The molecule has 0 aromatic heterocycles. The van der Waals surface area contributed by atoms with Crippen LogP contribution in [0.3, 0.4) is 0 Å². The average Bonchev–Trinajstić information content (AvgIpc) is 2.09. The molecular weight excluding hydrogens is 218 g/mol. The molecular formula is C9H13NO4S. The van der Waals surface area contributed by atoms with Gasteiger partial charge in [0.25, 0.3) is 0 Å². The molecule has 0 saturated carbocycles. The Balaban J connectivity index is 2.55. The number of nitrogens with one attached hydrogen (secondary N) is 1. The Morgan fingerprint density at radius 1 is 1.27 bits per heavy atom. The minimum Gasteiger partial charge on any atom is -0.504 e. The van der Waals surface area contributed by atoms with Crippen LogP contribution in [0.15, 0.2) is 18.2 Å². The smallest absolute Gasteiger partial charge is 0.208 e.